The Kier molecular flexibility index (Phi) is 5.65. The number of carbonyl (C=O) groups is 1. The van der Waals surface area contributed by atoms with Crippen molar-refractivity contribution in [3.8, 4) is 5.75 Å². The summed E-state index contributed by atoms with van der Waals surface area (Å²) in [5.41, 5.74) is 5.72. The molecule has 1 aromatic carbocycles. The number of ether oxygens (including phenoxy) is 1. The molecule has 0 aromatic heterocycles. The maximum absolute atomic E-state index is 11.2. The molecule has 1 amide bonds. The summed E-state index contributed by atoms with van der Waals surface area (Å²) < 4.78 is 5.65. The lowest BCUT2D eigenvalue weighted by Gasteiger charge is -2.16. The molecular weight excluding hydrogens is 228 g/mol. The summed E-state index contributed by atoms with van der Waals surface area (Å²) in [6.07, 6.45) is 0. The number of hydrogen-bond acceptors (Lipinski definition) is 3. The van der Waals surface area contributed by atoms with Crippen molar-refractivity contribution in [3.63, 3.8) is 0 Å². The van der Waals surface area contributed by atoms with Crippen LogP contribution in [-0.2, 0) is 0 Å². The fourth-order valence-corrected chi connectivity index (χ4v) is 1.52. The monoisotopic (exact) mass is 250 g/mol. The number of carbonyl (C=O) groups excluding carboxylic acids is 1. The molecule has 4 nitrogen and oxygen atoms in total. The van der Waals surface area contributed by atoms with E-state index in [1.807, 2.05) is 6.07 Å². The van der Waals surface area contributed by atoms with Crippen molar-refractivity contribution < 1.29 is 9.53 Å². The van der Waals surface area contributed by atoms with Crippen LogP contribution < -0.4 is 15.8 Å². The topological polar surface area (TPSA) is 64.3 Å². The molecule has 100 valence electrons. The van der Waals surface area contributed by atoms with Gasteiger partial charge in [-0.1, -0.05) is 32.9 Å². The van der Waals surface area contributed by atoms with Crippen molar-refractivity contribution in [3.05, 3.63) is 29.8 Å². The average molecular weight is 250 g/mol. The molecule has 1 rings (SSSR count). The minimum atomic E-state index is -0.460. The number of nitrogens with two attached hydrogens (primary N) is 1. The number of amides is 1. The number of rotatable bonds is 7. The third-order valence-electron chi connectivity index (χ3n) is 2.55. The van der Waals surface area contributed by atoms with Gasteiger partial charge in [-0.15, -0.1) is 0 Å². The Morgan fingerprint density at radius 1 is 1.33 bits per heavy atom. The predicted molar refractivity (Wildman–Crippen MR) is 72.8 cm³/mol. The molecular formula is C14H22N2O2. The summed E-state index contributed by atoms with van der Waals surface area (Å²) in [4.78, 5) is 11.2. The molecule has 0 aliphatic rings. The van der Waals surface area contributed by atoms with E-state index < -0.39 is 5.91 Å². The smallest absolute Gasteiger partial charge is 0.252 e. The lowest BCUT2D eigenvalue weighted by atomic mass is 10.1. The fourth-order valence-electron chi connectivity index (χ4n) is 1.52. The number of hydrogen-bond donors (Lipinski definition) is 2. The summed E-state index contributed by atoms with van der Waals surface area (Å²) in [5.74, 6) is 0.466. The highest BCUT2D eigenvalue weighted by molar-refractivity contribution is 5.95. The zero-order valence-electron chi connectivity index (χ0n) is 11.3. The number of benzene rings is 1. The molecule has 1 atom stereocenters. The highest BCUT2D eigenvalue weighted by Crippen LogP contribution is 2.17. The number of para-hydroxylation sites is 1. The molecule has 0 saturated heterocycles. The van der Waals surface area contributed by atoms with E-state index in [0.717, 1.165) is 6.54 Å². The highest BCUT2D eigenvalue weighted by Gasteiger charge is 2.10. The van der Waals surface area contributed by atoms with E-state index >= 15 is 0 Å². The molecule has 0 saturated carbocycles. The van der Waals surface area contributed by atoms with E-state index in [1.165, 1.54) is 0 Å². The molecule has 0 heterocycles. The molecule has 1 unspecified atom stereocenters. The minimum absolute atomic E-state index is 0.369. The first-order chi connectivity index (χ1) is 8.50. The van der Waals surface area contributed by atoms with Crippen LogP contribution in [0.2, 0.25) is 0 Å². The Hall–Kier alpha value is -1.55. The van der Waals surface area contributed by atoms with Gasteiger partial charge in [-0.05, 0) is 12.1 Å². The molecule has 0 fully saturated rings. The summed E-state index contributed by atoms with van der Waals surface area (Å²) in [6.45, 7) is 7.76. The molecule has 1 aromatic rings. The first kappa shape index (κ1) is 14.5. The highest BCUT2D eigenvalue weighted by atomic mass is 16.5. The maximum Gasteiger partial charge on any atom is 0.252 e. The van der Waals surface area contributed by atoms with Gasteiger partial charge in [0.15, 0.2) is 0 Å². The molecule has 0 bridgehead atoms. The zero-order valence-corrected chi connectivity index (χ0v) is 11.3. The van der Waals surface area contributed by atoms with Gasteiger partial charge in [-0.3, -0.25) is 4.79 Å². The van der Waals surface area contributed by atoms with Crippen molar-refractivity contribution in [2.45, 2.75) is 26.8 Å². The SMILES string of the molecule is CC(CNC(C)C)COc1ccccc1C(N)=O. The van der Waals surface area contributed by atoms with Crippen LogP contribution in [-0.4, -0.2) is 25.1 Å². The van der Waals surface area contributed by atoms with Crippen LogP contribution >= 0.6 is 0 Å². The largest absolute Gasteiger partial charge is 0.492 e. The van der Waals surface area contributed by atoms with E-state index in [9.17, 15) is 4.79 Å². The molecule has 0 aliphatic heterocycles. The van der Waals surface area contributed by atoms with Gasteiger partial charge in [-0.25, -0.2) is 0 Å². The van der Waals surface area contributed by atoms with Gasteiger partial charge in [0.05, 0.1) is 12.2 Å². The van der Waals surface area contributed by atoms with Gasteiger partial charge in [0.25, 0.3) is 5.91 Å². The quantitative estimate of drug-likeness (QED) is 0.775. The Balaban J connectivity index is 2.50. The van der Waals surface area contributed by atoms with E-state index in [1.54, 1.807) is 18.2 Å². The molecule has 0 spiro atoms. The third kappa shape index (κ3) is 4.75. The fraction of sp³-hybridized carbons (Fsp3) is 0.500. The van der Waals surface area contributed by atoms with E-state index in [-0.39, 0.29) is 0 Å². The van der Waals surface area contributed by atoms with Crippen LogP contribution in [0.4, 0.5) is 0 Å². The Labute approximate surface area is 109 Å². The lowest BCUT2D eigenvalue weighted by Crippen LogP contribution is -2.30. The second-order valence-electron chi connectivity index (χ2n) is 4.84. The second kappa shape index (κ2) is 7.01. The summed E-state index contributed by atoms with van der Waals surface area (Å²) in [6, 6.07) is 7.51. The Morgan fingerprint density at radius 3 is 2.61 bits per heavy atom. The van der Waals surface area contributed by atoms with Gasteiger partial charge < -0.3 is 15.8 Å². The van der Waals surface area contributed by atoms with Crippen LogP contribution in [0.5, 0.6) is 5.75 Å². The van der Waals surface area contributed by atoms with Crippen molar-refractivity contribution >= 4 is 5.91 Å². The van der Waals surface area contributed by atoms with E-state index in [4.69, 9.17) is 10.5 Å². The zero-order chi connectivity index (χ0) is 13.5. The molecule has 0 aliphatic carbocycles. The number of nitrogens with one attached hydrogen (secondary N) is 1. The summed E-state index contributed by atoms with van der Waals surface area (Å²) >= 11 is 0. The van der Waals surface area contributed by atoms with E-state index in [0.29, 0.717) is 29.9 Å². The van der Waals surface area contributed by atoms with Crippen molar-refractivity contribution in [2.24, 2.45) is 11.7 Å². The molecule has 0 radical (unpaired) electrons. The molecule has 3 N–H and O–H groups in total. The minimum Gasteiger partial charge on any atom is -0.492 e. The van der Waals surface area contributed by atoms with Crippen molar-refractivity contribution in [1.29, 1.82) is 0 Å². The first-order valence-corrected chi connectivity index (χ1v) is 6.25. The second-order valence-corrected chi connectivity index (χ2v) is 4.84. The normalized spacial score (nSPS) is 12.4. The maximum atomic E-state index is 11.2. The van der Waals surface area contributed by atoms with Crippen molar-refractivity contribution in [2.75, 3.05) is 13.2 Å². The molecule has 18 heavy (non-hydrogen) atoms. The van der Waals surface area contributed by atoms with Crippen molar-refractivity contribution in [1.82, 2.24) is 5.32 Å². The Morgan fingerprint density at radius 2 is 2.00 bits per heavy atom. The summed E-state index contributed by atoms with van der Waals surface area (Å²) in [5, 5.41) is 3.35. The van der Waals surface area contributed by atoms with Crippen LogP contribution in [0, 0.1) is 5.92 Å². The summed E-state index contributed by atoms with van der Waals surface area (Å²) in [7, 11) is 0. The van der Waals surface area contributed by atoms with Gasteiger partial charge in [0.2, 0.25) is 0 Å². The molecule has 4 heteroatoms. The van der Waals surface area contributed by atoms with Gasteiger partial charge in [-0.2, -0.15) is 0 Å². The van der Waals surface area contributed by atoms with E-state index in [2.05, 4.69) is 26.1 Å². The van der Waals surface area contributed by atoms with Gasteiger partial charge in [0, 0.05) is 18.5 Å². The average Bonchev–Trinajstić information content (AvgIpc) is 2.34. The Bertz CT molecular complexity index is 391. The van der Waals surface area contributed by atoms with Crippen LogP contribution in [0.1, 0.15) is 31.1 Å². The van der Waals surface area contributed by atoms with Crippen LogP contribution in [0.3, 0.4) is 0 Å². The number of primary amides is 1. The third-order valence-corrected chi connectivity index (χ3v) is 2.55. The first-order valence-electron chi connectivity index (χ1n) is 6.25. The van der Waals surface area contributed by atoms with Gasteiger partial charge in [0.1, 0.15) is 5.75 Å². The lowest BCUT2D eigenvalue weighted by molar-refractivity contribution is 0.0995. The standard InChI is InChI=1S/C14H22N2O2/c1-10(2)16-8-11(3)9-18-13-7-5-4-6-12(13)14(15)17/h4-7,10-11,16H,8-9H2,1-3H3,(H2,15,17). The van der Waals surface area contributed by atoms with Crippen LogP contribution in [0.25, 0.3) is 0 Å². The predicted octanol–water partition coefficient (Wildman–Crippen LogP) is 1.80. The van der Waals surface area contributed by atoms with Gasteiger partial charge >= 0.3 is 0 Å². The van der Waals surface area contributed by atoms with Crippen LogP contribution in [0.15, 0.2) is 24.3 Å².